The van der Waals surface area contributed by atoms with Gasteiger partial charge in [-0.2, -0.15) is 0 Å². The smallest absolute Gasteiger partial charge is 0.254 e. The van der Waals surface area contributed by atoms with E-state index in [1.54, 1.807) is 30.6 Å². The Morgan fingerprint density at radius 2 is 2.00 bits per heavy atom. The number of ether oxygens (including phenoxy) is 1. The normalized spacial score (nSPS) is 19.3. The van der Waals surface area contributed by atoms with Gasteiger partial charge in [0.2, 0.25) is 11.8 Å². The fourth-order valence-electron chi connectivity index (χ4n) is 3.40. The Bertz CT molecular complexity index is 1000. The molecule has 2 aromatic heterocycles. The third-order valence-electron chi connectivity index (χ3n) is 4.87. The Labute approximate surface area is 161 Å². The highest BCUT2D eigenvalue weighted by Gasteiger charge is 2.24. The van der Waals surface area contributed by atoms with E-state index in [-0.39, 0.29) is 23.8 Å². The molecule has 144 valence electrons. The lowest BCUT2D eigenvalue weighted by Crippen LogP contribution is -2.32. The van der Waals surface area contributed by atoms with Gasteiger partial charge < -0.3 is 15.8 Å². The van der Waals surface area contributed by atoms with Gasteiger partial charge in [-0.3, -0.25) is 4.79 Å². The molecule has 0 unspecified atom stereocenters. The molecule has 0 radical (unpaired) electrons. The van der Waals surface area contributed by atoms with Crippen molar-refractivity contribution in [3.8, 4) is 5.88 Å². The van der Waals surface area contributed by atoms with Gasteiger partial charge in [0.05, 0.1) is 5.52 Å². The zero-order valence-electron chi connectivity index (χ0n) is 15.1. The van der Waals surface area contributed by atoms with E-state index in [2.05, 4.69) is 20.3 Å². The minimum Gasteiger partial charge on any atom is -0.474 e. The first-order valence-electron chi connectivity index (χ1n) is 9.19. The summed E-state index contributed by atoms with van der Waals surface area (Å²) in [7, 11) is 0. The Balaban J connectivity index is 1.36. The van der Waals surface area contributed by atoms with Crippen LogP contribution >= 0.6 is 0 Å². The Hall–Kier alpha value is -3.29. The summed E-state index contributed by atoms with van der Waals surface area (Å²) in [6, 6.07) is 7.92. The number of pyridine rings is 1. The third-order valence-corrected chi connectivity index (χ3v) is 4.87. The average Bonchev–Trinajstić information content (AvgIpc) is 2.69. The second-order valence-electron chi connectivity index (χ2n) is 6.85. The highest BCUT2D eigenvalue weighted by Crippen LogP contribution is 2.26. The molecule has 0 bridgehead atoms. The fourth-order valence-corrected chi connectivity index (χ4v) is 3.40. The van der Waals surface area contributed by atoms with Gasteiger partial charge in [-0.25, -0.2) is 19.3 Å². The largest absolute Gasteiger partial charge is 0.474 e. The van der Waals surface area contributed by atoms with E-state index in [0.29, 0.717) is 17.0 Å². The number of carbonyl (C=O) groups excluding carboxylic acids is 1. The first-order valence-corrected chi connectivity index (χ1v) is 9.19. The molecule has 0 aliphatic heterocycles. The summed E-state index contributed by atoms with van der Waals surface area (Å²) in [4.78, 5) is 24.3. The highest BCUT2D eigenvalue weighted by atomic mass is 19.1. The predicted molar refractivity (Wildman–Crippen MR) is 103 cm³/mol. The van der Waals surface area contributed by atoms with Crippen molar-refractivity contribution in [1.82, 2.24) is 15.0 Å². The molecule has 1 aliphatic carbocycles. The standard InChI is InChI=1S/C20H20FN5O2/c21-13-4-3-12-11-24-20(26-17(12)10-13)25-14-5-7-15(8-6-14)28-19-16(18(22)27)2-1-9-23-19/h1-4,9-11,14-15H,5-8H2,(H2,22,27)(H,24,25,26). The van der Waals surface area contributed by atoms with Gasteiger partial charge >= 0.3 is 0 Å². The zero-order chi connectivity index (χ0) is 19.5. The van der Waals surface area contributed by atoms with Crippen molar-refractivity contribution in [2.24, 2.45) is 5.73 Å². The molecule has 1 saturated carbocycles. The number of hydrogen-bond acceptors (Lipinski definition) is 6. The molecule has 1 aromatic carbocycles. The van der Waals surface area contributed by atoms with Gasteiger partial charge in [-0.1, -0.05) is 0 Å². The van der Waals surface area contributed by atoms with Crippen molar-refractivity contribution >= 4 is 22.8 Å². The van der Waals surface area contributed by atoms with Crippen LogP contribution in [0.1, 0.15) is 36.0 Å². The maximum atomic E-state index is 13.4. The number of carbonyl (C=O) groups is 1. The molecule has 4 rings (SSSR count). The molecule has 1 fully saturated rings. The van der Waals surface area contributed by atoms with Crippen LogP contribution < -0.4 is 15.8 Å². The summed E-state index contributed by atoms with van der Waals surface area (Å²) in [5, 5.41) is 4.11. The van der Waals surface area contributed by atoms with Gasteiger partial charge in [-0.15, -0.1) is 0 Å². The summed E-state index contributed by atoms with van der Waals surface area (Å²) < 4.78 is 19.3. The number of benzene rings is 1. The summed E-state index contributed by atoms with van der Waals surface area (Å²) in [6.07, 6.45) is 6.54. The number of anilines is 1. The van der Waals surface area contributed by atoms with Gasteiger partial charge in [0.15, 0.2) is 0 Å². The second-order valence-corrected chi connectivity index (χ2v) is 6.85. The number of nitrogens with two attached hydrogens (primary N) is 1. The maximum absolute atomic E-state index is 13.4. The van der Waals surface area contributed by atoms with E-state index in [0.717, 1.165) is 31.1 Å². The average molecular weight is 381 g/mol. The number of aromatic nitrogens is 3. The van der Waals surface area contributed by atoms with Gasteiger partial charge in [0, 0.05) is 29.9 Å². The van der Waals surface area contributed by atoms with E-state index in [1.165, 1.54) is 12.1 Å². The van der Waals surface area contributed by atoms with Gasteiger partial charge in [-0.05, 0) is 49.9 Å². The molecule has 0 saturated heterocycles. The highest BCUT2D eigenvalue weighted by molar-refractivity contribution is 5.94. The van der Waals surface area contributed by atoms with Crippen LogP contribution in [0.2, 0.25) is 0 Å². The molecule has 8 heteroatoms. The molecular formula is C20H20FN5O2. The molecule has 3 N–H and O–H groups in total. The van der Waals surface area contributed by atoms with Crippen molar-refractivity contribution in [2.45, 2.75) is 37.8 Å². The third kappa shape index (κ3) is 4.00. The SMILES string of the molecule is NC(=O)c1cccnc1OC1CCC(Nc2ncc3ccc(F)cc3n2)CC1. The fraction of sp³-hybridized carbons (Fsp3) is 0.300. The molecule has 7 nitrogen and oxygen atoms in total. The number of nitrogens with one attached hydrogen (secondary N) is 1. The van der Waals surface area contributed by atoms with E-state index < -0.39 is 5.91 Å². The number of primary amides is 1. The lowest BCUT2D eigenvalue weighted by molar-refractivity contribution is 0.0983. The zero-order valence-corrected chi connectivity index (χ0v) is 15.1. The van der Waals surface area contributed by atoms with Crippen LogP contribution in [0.25, 0.3) is 10.9 Å². The van der Waals surface area contributed by atoms with E-state index in [9.17, 15) is 9.18 Å². The summed E-state index contributed by atoms with van der Waals surface area (Å²) in [5.74, 6) is -0.0995. The molecule has 0 atom stereocenters. The number of halogens is 1. The van der Waals surface area contributed by atoms with Crippen LogP contribution in [0.3, 0.4) is 0 Å². The Morgan fingerprint density at radius 1 is 1.18 bits per heavy atom. The van der Waals surface area contributed by atoms with Crippen molar-refractivity contribution < 1.29 is 13.9 Å². The lowest BCUT2D eigenvalue weighted by atomic mass is 9.93. The van der Waals surface area contributed by atoms with Crippen LogP contribution in [-0.4, -0.2) is 33.0 Å². The predicted octanol–water partition coefficient (Wildman–Crippen LogP) is 3.06. The van der Waals surface area contributed by atoms with Crippen LogP contribution in [0, 0.1) is 5.82 Å². The molecule has 1 amide bonds. The summed E-state index contributed by atoms with van der Waals surface area (Å²) >= 11 is 0. The molecule has 1 aliphatic rings. The van der Waals surface area contributed by atoms with Crippen molar-refractivity contribution in [3.63, 3.8) is 0 Å². The van der Waals surface area contributed by atoms with E-state index in [1.807, 2.05) is 0 Å². The van der Waals surface area contributed by atoms with Crippen molar-refractivity contribution in [2.75, 3.05) is 5.32 Å². The summed E-state index contributed by atoms with van der Waals surface area (Å²) in [5.41, 5.74) is 6.23. The Morgan fingerprint density at radius 3 is 2.79 bits per heavy atom. The number of rotatable bonds is 5. The summed E-state index contributed by atoms with van der Waals surface area (Å²) in [6.45, 7) is 0. The molecule has 2 heterocycles. The molecule has 0 spiro atoms. The first kappa shape index (κ1) is 18.1. The van der Waals surface area contributed by atoms with E-state index in [4.69, 9.17) is 10.5 Å². The number of hydrogen-bond donors (Lipinski definition) is 2. The first-order chi connectivity index (χ1) is 13.6. The number of nitrogens with zero attached hydrogens (tertiary/aromatic N) is 3. The molecule has 28 heavy (non-hydrogen) atoms. The van der Waals surface area contributed by atoms with Crippen LogP contribution in [0.15, 0.2) is 42.7 Å². The number of amides is 1. The second kappa shape index (κ2) is 7.75. The lowest BCUT2D eigenvalue weighted by Gasteiger charge is -2.29. The quantitative estimate of drug-likeness (QED) is 0.704. The minimum atomic E-state index is -0.552. The Kier molecular flexibility index (Phi) is 5.01. The number of fused-ring (bicyclic) bond motifs is 1. The van der Waals surface area contributed by atoms with Gasteiger partial charge in [0.25, 0.3) is 5.91 Å². The monoisotopic (exact) mass is 381 g/mol. The van der Waals surface area contributed by atoms with E-state index >= 15 is 0 Å². The van der Waals surface area contributed by atoms with Crippen LogP contribution in [0.5, 0.6) is 5.88 Å². The maximum Gasteiger partial charge on any atom is 0.254 e. The van der Waals surface area contributed by atoms with Crippen LogP contribution in [-0.2, 0) is 0 Å². The van der Waals surface area contributed by atoms with Gasteiger partial charge in [0.1, 0.15) is 17.5 Å². The molecular weight excluding hydrogens is 361 g/mol. The van der Waals surface area contributed by atoms with Crippen molar-refractivity contribution in [3.05, 3.63) is 54.1 Å². The molecule has 3 aromatic rings. The minimum absolute atomic E-state index is 0.0299. The topological polar surface area (TPSA) is 103 Å². The van der Waals surface area contributed by atoms with Crippen LogP contribution in [0.4, 0.5) is 10.3 Å². The van der Waals surface area contributed by atoms with Crippen molar-refractivity contribution in [1.29, 1.82) is 0 Å².